The smallest absolute Gasteiger partial charge is 0.315 e. The normalized spacial score (nSPS) is 11.9. The fourth-order valence-electron chi connectivity index (χ4n) is 2.98. The number of aromatic nitrogens is 1. The number of hydrogen-bond acceptors (Lipinski definition) is 7. The summed E-state index contributed by atoms with van der Waals surface area (Å²) in [5, 5.41) is 21.9. The van der Waals surface area contributed by atoms with Crippen LogP contribution in [0.2, 0.25) is 0 Å². The van der Waals surface area contributed by atoms with Crippen molar-refractivity contribution < 1.29 is 32.3 Å². The van der Waals surface area contributed by atoms with E-state index in [9.17, 15) is 23.6 Å². The first-order chi connectivity index (χ1) is 14.2. The summed E-state index contributed by atoms with van der Waals surface area (Å²) in [5.41, 5.74) is 0.899. The van der Waals surface area contributed by atoms with Gasteiger partial charge in [0.15, 0.2) is 12.3 Å². The Hall–Kier alpha value is -3.02. The Labute approximate surface area is 176 Å². The lowest BCUT2D eigenvalue weighted by Gasteiger charge is -2.05. The highest BCUT2D eigenvalue weighted by Gasteiger charge is 2.21. The van der Waals surface area contributed by atoms with Crippen molar-refractivity contribution in [2.24, 2.45) is 0 Å². The number of phenols is 1. The molecule has 30 heavy (non-hydrogen) atoms. The highest BCUT2D eigenvalue weighted by Crippen LogP contribution is 2.37. The summed E-state index contributed by atoms with van der Waals surface area (Å²) in [4.78, 5) is 10.5. The predicted octanol–water partition coefficient (Wildman–Crippen LogP) is 3.26. The maximum absolute atomic E-state index is 11.2. The second-order valence-electron chi connectivity index (χ2n) is 6.38. The van der Waals surface area contributed by atoms with Gasteiger partial charge in [-0.3, -0.25) is 14.7 Å². The highest BCUT2D eigenvalue weighted by atomic mass is 32.2. The van der Waals surface area contributed by atoms with E-state index < -0.39 is 26.5 Å². The molecule has 3 aromatic rings. The number of phenolic OH excluding ortho intramolecular Hbond substituents is 1. The zero-order valence-electron chi connectivity index (χ0n) is 15.9. The van der Waals surface area contributed by atoms with Gasteiger partial charge in [-0.1, -0.05) is 23.5 Å². The van der Waals surface area contributed by atoms with Crippen LogP contribution in [0.3, 0.4) is 0 Å². The van der Waals surface area contributed by atoms with Gasteiger partial charge >= 0.3 is 5.69 Å². The first kappa shape index (κ1) is 21.7. The number of rotatable bonds is 8. The SMILES string of the molecule is COc1cc(/C=C/c2sc3ccccc3[n+]2CCCS(=O)(=O)O)cc([N+](=O)[O-])c1O. The second-order valence-corrected chi connectivity index (χ2v) is 9.01. The molecule has 0 fully saturated rings. The van der Waals surface area contributed by atoms with Crippen LogP contribution < -0.4 is 9.30 Å². The van der Waals surface area contributed by atoms with Crippen LogP contribution in [0.5, 0.6) is 11.5 Å². The summed E-state index contributed by atoms with van der Waals surface area (Å²) >= 11 is 1.47. The van der Waals surface area contributed by atoms with Crippen molar-refractivity contribution in [3.05, 3.63) is 57.1 Å². The van der Waals surface area contributed by atoms with Crippen LogP contribution in [0.15, 0.2) is 36.4 Å². The average molecular weight is 452 g/mol. The number of fused-ring (bicyclic) bond motifs is 1. The Morgan fingerprint density at radius 2 is 2.00 bits per heavy atom. The van der Waals surface area contributed by atoms with E-state index in [4.69, 9.17) is 9.29 Å². The highest BCUT2D eigenvalue weighted by molar-refractivity contribution is 7.85. The zero-order chi connectivity index (χ0) is 21.9. The molecular formula is C19H19N2O7S2+. The predicted molar refractivity (Wildman–Crippen MR) is 113 cm³/mol. The van der Waals surface area contributed by atoms with Gasteiger partial charge < -0.3 is 9.84 Å². The molecule has 0 saturated heterocycles. The third-order valence-corrected chi connectivity index (χ3v) is 6.27. The van der Waals surface area contributed by atoms with Gasteiger partial charge in [0.1, 0.15) is 4.70 Å². The van der Waals surface area contributed by atoms with Crippen LogP contribution in [0.25, 0.3) is 22.4 Å². The van der Waals surface area contributed by atoms with E-state index in [0.717, 1.165) is 15.2 Å². The molecular weight excluding hydrogens is 432 g/mol. The van der Waals surface area contributed by atoms with Crippen molar-refractivity contribution in [1.82, 2.24) is 0 Å². The lowest BCUT2D eigenvalue weighted by Crippen LogP contribution is -2.35. The van der Waals surface area contributed by atoms with Crippen LogP contribution in [0.1, 0.15) is 17.0 Å². The number of aromatic hydroxyl groups is 1. The van der Waals surface area contributed by atoms with Crippen molar-refractivity contribution in [3.8, 4) is 11.5 Å². The number of nitro groups is 1. The van der Waals surface area contributed by atoms with E-state index >= 15 is 0 Å². The second kappa shape index (κ2) is 8.78. The van der Waals surface area contributed by atoms with Crippen molar-refractivity contribution in [1.29, 1.82) is 0 Å². The number of para-hydroxylation sites is 1. The molecule has 0 unspecified atom stereocenters. The molecule has 0 bridgehead atoms. The number of nitrogens with zero attached hydrogens (tertiary/aromatic N) is 2. The van der Waals surface area contributed by atoms with Crippen molar-refractivity contribution >= 4 is 49.5 Å². The third kappa shape index (κ3) is 4.93. The maximum Gasteiger partial charge on any atom is 0.315 e. The molecule has 0 spiro atoms. The van der Waals surface area contributed by atoms with Crippen molar-refractivity contribution in [2.75, 3.05) is 12.9 Å². The third-order valence-electron chi connectivity index (χ3n) is 4.33. The van der Waals surface area contributed by atoms with Crippen LogP contribution in [-0.4, -0.2) is 35.9 Å². The van der Waals surface area contributed by atoms with E-state index in [1.54, 1.807) is 12.2 Å². The van der Waals surface area contributed by atoms with E-state index in [1.807, 2.05) is 28.8 Å². The largest absolute Gasteiger partial charge is 0.500 e. The first-order valence-electron chi connectivity index (χ1n) is 8.79. The van der Waals surface area contributed by atoms with Crippen LogP contribution in [-0.2, 0) is 16.7 Å². The number of thiazole rings is 1. The molecule has 0 aliphatic heterocycles. The molecule has 0 aliphatic rings. The van der Waals surface area contributed by atoms with Crippen LogP contribution in [0, 0.1) is 10.1 Å². The molecule has 11 heteroatoms. The number of hydrogen-bond donors (Lipinski definition) is 2. The number of nitro benzene ring substituents is 1. The van der Waals surface area contributed by atoms with Gasteiger partial charge in [-0.15, -0.1) is 0 Å². The summed E-state index contributed by atoms with van der Waals surface area (Å²) < 4.78 is 39.0. The Kier molecular flexibility index (Phi) is 6.34. The molecule has 0 radical (unpaired) electrons. The summed E-state index contributed by atoms with van der Waals surface area (Å²) in [6.07, 6.45) is 3.64. The average Bonchev–Trinajstić information content (AvgIpc) is 3.03. The lowest BCUT2D eigenvalue weighted by molar-refractivity contribution is -0.668. The first-order valence-corrected chi connectivity index (χ1v) is 11.2. The summed E-state index contributed by atoms with van der Waals surface area (Å²) in [5.74, 6) is -0.905. The lowest BCUT2D eigenvalue weighted by atomic mass is 10.1. The van der Waals surface area contributed by atoms with E-state index in [-0.39, 0.29) is 17.9 Å². The number of ether oxygens (including phenoxy) is 1. The molecule has 0 aliphatic carbocycles. The number of aryl methyl sites for hydroxylation is 1. The van der Waals surface area contributed by atoms with E-state index in [2.05, 4.69) is 0 Å². The van der Waals surface area contributed by atoms with E-state index in [1.165, 1.54) is 30.6 Å². The molecule has 0 saturated carbocycles. The standard InChI is InChI=1S/C19H18N2O7S2/c1-28-16-12-13(11-15(19(16)22)21(23)24)7-8-18-20(9-4-10-30(25,26)27)14-5-2-3-6-17(14)29-18/h2-3,5-8,11-12H,4,9-10H2,1H3,(H,25,26,27)/p+1. The minimum absolute atomic E-state index is 0.0128. The quantitative estimate of drug-likeness (QED) is 0.233. The van der Waals surface area contributed by atoms with Crippen LogP contribution >= 0.6 is 11.3 Å². The number of benzene rings is 2. The fourth-order valence-corrected chi connectivity index (χ4v) is 4.57. The van der Waals surface area contributed by atoms with E-state index in [0.29, 0.717) is 12.1 Å². The van der Waals surface area contributed by atoms with Gasteiger partial charge in [-0.05, 0) is 23.8 Å². The number of methoxy groups -OCH3 is 1. The minimum Gasteiger partial charge on any atom is -0.500 e. The van der Waals surface area contributed by atoms with Crippen molar-refractivity contribution in [3.63, 3.8) is 0 Å². The minimum atomic E-state index is -4.05. The van der Waals surface area contributed by atoms with Gasteiger partial charge in [0.25, 0.3) is 15.1 Å². The summed E-state index contributed by atoms with van der Waals surface area (Å²) in [6, 6.07) is 10.3. The van der Waals surface area contributed by atoms with Gasteiger partial charge in [0, 0.05) is 24.6 Å². The molecule has 9 nitrogen and oxygen atoms in total. The zero-order valence-corrected chi connectivity index (χ0v) is 17.5. The van der Waals surface area contributed by atoms with Gasteiger partial charge in [-0.25, -0.2) is 0 Å². The molecule has 0 amide bonds. The fraction of sp³-hybridized carbons (Fsp3) is 0.211. The van der Waals surface area contributed by atoms with Gasteiger partial charge in [0.05, 0.1) is 17.8 Å². The molecule has 2 aromatic carbocycles. The Morgan fingerprint density at radius 3 is 2.67 bits per heavy atom. The molecule has 158 valence electrons. The molecule has 3 rings (SSSR count). The Morgan fingerprint density at radius 1 is 1.27 bits per heavy atom. The summed E-state index contributed by atoms with van der Waals surface area (Å²) in [6.45, 7) is 0.364. The Balaban J connectivity index is 1.99. The Bertz CT molecular complexity index is 1230. The molecule has 0 atom stereocenters. The summed E-state index contributed by atoms with van der Waals surface area (Å²) in [7, 11) is -2.75. The van der Waals surface area contributed by atoms with Gasteiger partial charge in [-0.2, -0.15) is 13.0 Å². The maximum atomic E-state index is 11.2. The van der Waals surface area contributed by atoms with Crippen LogP contribution in [0.4, 0.5) is 5.69 Å². The monoisotopic (exact) mass is 451 g/mol. The van der Waals surface area contributed by atoms with Gasteiger partial charge in [0.2, 0.25) is 11.3 Å². The van der Waals surface area contributed by atoms with Crippen molar-refractivity contribution in [2.45, 2.75) is 13.0 Å². The molecule has 1 aromatic heterocycles. The molecule has 1 heterocycles. The topological polar surface area (TPSA) is 131 Å². The molecule has 2 N–H and O–H groups in total.